The summed E-state index contributed by atoms with van der Waals surface area (Å²) in [4.78, 5) is 7.26. The maximum atomic E-state index is 6.15. The molecule has 1 fully saturated rings. The molecule has 0 bridgehead atoms. The summed E-state index contributed by atoms with van der Waals surface area (Å²) >= 11 is 1.76. The summed E-state index contributed by atoms with van der Waals surface area (Å²) in [5.41, 5.74) is 7.21. The van der Waals surface area contributed by atoms with Crippen molar-refractivity contribution in [3.63, 3.8) is 0 Å². The number of hydrogen-bond donors (Lipinski definition) is 1. The molecule has 1 aromatic heterocycles. The van der Waals surface area contributed by atoms with Crippen LogP contribution in [0.1, 0.15) is 31.2 Å². The Hall–Kier alpha value is -1.17. The van der Waals surface area contributed by atoms with Crippen LogP contribution in [-0.2, 0) is 6.54 Å². The van der Waals surface area contributed by atoms with Gasteiger partial charge in [-0.05, 0) is 44.5 Å². The highest BCUT2D eigenvalue weighted by molar-refractivity contribution is 7.18. The molecule has 0 saturated carbocycles. The lowest BCUT2D eigenvalue weighted by Crippen LogP contribution is -2.48. The molecular formula is C16H23N3OS. The Bertz CT molecular complexity index is 611. The van der Waals surface area contributed by atoms with E-state index in [1.807, 2.05) is 12.1 Å². The van der Waals surface area contributed by atoms with Gasteiger partial charge in [0.25, 0.3) is 0 Å². The van der Waals surface area contributed by atoms with Crippen molar-refractivity contribution >= 4 is 21.6 Å². The SMILES string of the molecule is COc1ccc2nc(CN3CCCCC3C(C)N)sc2c1. The lowest BCUT2D eigenvalue weighted by atomic mass is 9.97. The smallest absolute Gasteiger partial charge is 0.120 e. The van der Waals surface area contributed by atoms with Crippen LogP contribution in [0.25, 0.3) is 10.2 Å². The molecule has 114 valence electrons. The second-order valence-electron chi connectivity index (χ2n) is 5.83. The molecule has 21 heavy (non-hydrogen) atoms. The zero-order valence-corrected chi connectivity index (χ0v) is 13.5. The van der Waals surface area contributed by atoms with E-state index in [-0.39, 0.29) is 6.04 Å². The molecule has 2 aromatic rings. The van der Waals surface area contributed by atoms with Crippen LogP contribution in [0.15, 0.2) is 18.2 Å². The van der Waals surface area contributed by atoms with E-state index in [1.165, 1.54) is 29.0 Å². The van der Waals surface area contributed by atoms with E-state index in [9.17, 15) is 0 Å². The van der Waals surface area contributed by atoms with Crippen LogP contribution in [-0.4, -0.2) is 35.6 Å². The number of benzene rings is 1. The first-order valence-corrected chi connectivity index (χ1v) is 8.42. The van der Waals surface area contributed by atoms with Crippen molar-refractivity contribution in [3.8, 4) is 5.75 Å². The van der Waals surface area contributed by atoms with Crippen molar-refractivity contribution in [1.29, 1.82) is 0 Å². The van der Waals surface area contributed by atoms with Crippen LogP contribution in [0, 0.1) is 0 Å². The van der Waals surface area contributed by atoms with E-state index < -0.39 is 0 Å². The van der Waals surface area contributed by atoms with E-state index in [1.54, 1.807) is 18.4 Å². The van der Waals surface area contributed by atoms with Crippen molar-refractivity contribution in [2.45, 2.75) is 44.8 Å². The van der Waals surface area contributed by atoms with Gasteiger partial charge in [-0.15, -0.1) is 11.3 Å². The molecule has 0 amide bonds. The molecule has 2 N–H and O–H groups in total. The highest BCUT2D eigenvalue weighted by Gasteiger charge is 2.26. The fourth-order valence-electron chi connectivity index (χ4n) is 3.13. The van der Waals surface area contributed by atoms with Crippen LogP contribution < -0.4 is 10.5 Å². The molecule has 0 radical (unpaired) electrons. The lowest BCUT2D eigenvalue weighted by molar-refractivity contribution is 0.123. The Morgan fingerprint density at radius 2 is 2.33 bits per heavy atom. The third-order valence-corrected chi connectivity index (χ3v) is 5.25. The number of nitrogens with two attached hydrogens (primary N) is 1. The number of aromatic nitrogens is 1. The van der Waals surface area contributed by atoms with E-state index in [2.05, 4.69) is 17.9 Å². The van der Waals surface area contributed by atoms with Gasteiger partial charge >= 0.3 is 0 Å². The summed E-state index contributed by atoms with van der Waals surface area (Å²) in [6.45, 7) is 4.16. The molecule has 2 heterocycles. The third-order valence-electron chi connectivity index (χ3n) is 4.25. The Balaban J connectivity index is 1.80. The Morgan fingerprint density at radius 1 is 1.48 bits per heavy atom. The number of fused-ring (bicyclic) bond motifs is 1. The minimum absolute atomic E-state index is 0.222. The van der Waals surface area contributed by atoms with Crippen LogP contribution in [0.5, 0.6) is 5.75 Å². The van der Waals surface area contributed by atoms with E-state index in [0.717, 1.165) is 24.4 Å². The number of piperidine rings is 1. The second-order valence-corrected chi connectivity index (χ2v) is 6.95. The molecule has 0 aliphatic carbocycles. The number of ether oxygens (including phenoxy) is 1. The largest absolute Gasteiger partial charge is 0.497 e. The molecule has 1 aliphatic rings. The number of thiazole rings is 1. The van der Waals surface area contributed by atoms with Crippen molar-refractivity contribution in [3.05, 3.63) is 23.2 Å². The topological polar surface area (TPSA) is 51.4 Å². The Kier molecular flexibility index (Phi) is 4.42. The predicted molar refractivity (Wildman–Crippen MR) is 87.9 cm³/mol. The van der Waals surface area contributed by atoms with E-state index in [0.29, 0.717) is 6.04 Å². The first-order valence-electron chi connectivity index (χ1n) is 7.60. The molecule has 0 spiro atoms. The summed E-state index contributed by atoms with van der Waals surface area (Å²) in [5.74, 6) is 0.893. The summed E-state index contributed by atoms with van der Waals surface area (Å²) < 4.78 is 6.48. The molecule has 2 atom stereocenters. The molecule has 5 heteroatoms. The van der Waals surface area contributed by atoms with Gasteiger partial charge < -0.3 is 10.5 Å². The minimum atomic E-state index is 0.222. The zero-order chi connectivity index (χ0) is 14.8. The number of hydrogen-bond acceptors (Lipinski definition) is 5. The minimum Gasteiger partial charge on any atom is -0.497 e. The normalized spacial score (nSPS) is 21.6. The molecular weight excluding hydrogens is 282 g/mol. The van der Waals surface area contributed by atoms with Gasteiger partial charge in [-0.25, -0.2) is 4.98 Å². The standard InChI is InChI=1S/C16H23N3OS/c1-11(17)14-5-3-4-8-19(14)10-16-18-13-7-6-12(20-2)9-15(13)21-16/h6-7,9,11,14H,3-5,8,10,17H2,1-2H3. The number of nitrogens with zero attached hydrogens (tertiary/aromatic N) is 2. The second kappa shape index (κ2) is 6.30. The summed E-state index contributed by atoms with van der Waals surface area (Å²) in [7, 11) is 1.70. The first-order chi connectivity index (χ1) is 10.2. The van der Waals surface area contributed by atoms with Gasteiger partial charge in [0.1, 0.15) is 10.8 Å². The average molecular weight is 305 g/mol. The zero-order valence-electron chi connectivity index (χ0n) is 12.7. The van der Waals surface area contributed by atoms with Gasteiger partial charge in [0.2, 0.25) is 0 Å². The Morgan fingerprint density at radius 3 is 3.10 bits per heavy atom. The van der Waals surface area contributed by atoms with Gasteiger partial charge in [0.15, 0.2) is 0 Å². The van der Waals surface area contributed by atoms with E-state index >= 15 is 0 Å². The van der Waals surface area contributed by atoms with Crippen molar-refractivity contribution in [2.75, 3.05) is 13.7 Å². The molecule has 1 aromatic carbocycles. The fourth-order valence-corrected chi connectivity index (χ4v) is 4.15. The molecule has 2 unspecified atom stereocenters. The van der Waals surface area contributed by atoms with Crippen molar-refractivity contribution in [2.24, 2.45) is 5.73 Å². The molecule has 1 aliphatic heterocycles. The maximum absolute atomic E-state index is 6.15. The monoisotopic (exact) mass is 305 g/mol. The number of likely N-dealkylation sites (tertiary alicyclic amines) is 1. The van der Waals surface area contributed by atoms with Crippen LogP contribution in [0.2, 0.25) is 0 Å². The van der Waals surface area contributed by atoms with Crippen LogP contribution in [0.3, 0.4) is 0 Å². The fraction of sp³-hybridized carbons (Fsp3) is 0.562. The molecule has 3 rings (SSSR count). The van der Waals surface area contributed by atoms with Gasteiger partial charge in [0.05, 0.1) is 23.9 Å². The Labute approximate surface area is 129 Å². The van der Waals surface area contributed by atoms with Crippen LogP contribution in [0.4, 0.5) is 0 Å². The lowest BCUT2D eigenvalue weighted by Gasteiger charge is -2.37. The van der Waals surface area contributed by atoms with Crippen molar-refractivity contribution < 1.29 is 4.74 Å². The highest BCUT2D eigenvalue weighted by atomic mass is 32.1. The number of methoxy groups -OCH3 is 1. The quantitative estimate of drug-likeness (QED) is 0.943. The average Bonchev–Trinajstić information content (AvgIpc) is 2.88. The van der Waals surface area contributed by atoms with Gasteiger partial charge in [0, 0.05) is 12.1 Å². The van der Waals surface area contributed by atoms with E-state index in [4.69, 9.17) is 15.5 Å². The maximum Gasteiger partial charge on any atom is 0.120 e. The molecule has 4 nitrogen and oxygen atoms in total. The number of rotatable bonds is 4. The van der Waals surface area contributed by atoms with Gasteiger partial charge in [-0.2, -0.15) is 0 Å². The van der Waals surface area contributed by atoms with Gasteiger partial charge in [-0.1, -0.05) is 6.42 Å². The molecule has 1 saturated heterocycles. The van der Waals surface area contributed by atoms with Crippen molar-refractivity contribution in [1.82, 2.24) is 9.88 Å². The summed E-state index contributed by atoms with van der Waals surface area (Å²) in [6.07, 6.45) is 3.76. The van der Waals surface area contributed by atoms with Gasteiger partial charge in [-0.3, -0.25) is 4.90 Å². The predicted octanol–water partition coefficient (Wildman–Crippen LogP) is 3.01. The third kappa shape index (κ3) is 3.20. The first kappa shape index (κ1) is 14.8. The summed E-state index contributed by atoms with van der Waals surface area (Å²) in [5, 5.41) is 1.17. The highest BCUT2D eigenvalue weighted by Crippen LogP contribution is 2.29. The summed E-state index contributed by atoms with van der Waals surface area (Å²) in [6, 6.07) is 6.78. The van der Waals surface area contributed by atoms with Crippen LogP contribution >= 0.6 is 11.3 Å².